The van der Waals surface area contributed by atoms with E-state index >= 15 is 0 Å². The van der Waals surface area contributed by atoms with E-state index in [1.807, 2.05) is 12.1 Å². The van der Waals surface area contributed by atoms with Crippen LogP contribution in [-0.2, 0) is 28.3 Å². The number of nitrogens with two attached hydrogens (primary N) is 1. The molecule has 11 nitrogen and oxygen atoms in total. The van der Waals surface area contributed by atoms with Crippen LogP contribution in [0.25, 0.3) is 11.0 Å². The Morgan fingerprint density at radius 2 is 1.46 bits per heavy atom. The highest BCUT2D eigenvalue weighted by molar-refractivity contribution is 5.84. The van der Waals surface area contributed by atoms with Crippen molar-refractivity contribution >= 4 is 28.7 Å². The largest absolute Gasteiger partial charge is 0.436 e. The molecule has 2 amide bonds. The Kier molecular flexibility index (Phi) is 9.69. The number of hydrogen-bond donors (Lipinski definition) is 2. The number of hydrogen-bond acceptors (Lipinski definition) is 7. The van der Waals surface area contributed by atoms with E-state index < -0.39 is 59.3 Å². The summed E-state index contributed by atoms with van der Waals surface area (Å²) in [6.45, 7) is 5.01. The summed E-state index contributed by atoms with van der Waals surface area (Å²) in [5.74, 6) is -0.128. The fraction of sp³-hybridized carbons (Fsp3) is 0.571. The number of rotatable bonds is 6. The number of nitrogen functional groups attached to an aromatic ring is 1. The molecule has 8 rings (SSSR count). The van der Waals surface area contributed by atoms with E-state index in [-0.39, 0.29) is 37.9 Å². The number of piperidine rings is 4. The predicted molar refractivity (Wildman–Crippen MR) is 178 cm³/mol. The molecule has 3 N–H and O–H groups in total. The zero-order valence-corrected chi connectivity index (χ0v) is 28.4. The first-order valence-corrected chi connectivity index (χ1v) is 17.6. The number of ether oxygens (including phenoxy) is 1. The van der Waals surface area contributed by atoms with E-state index in [2.05, 4.69) is 14.8 Å². The minimum absolute atomic E-state index is 0.146. The van der Waals surface area contributed by atoms with Crippen molar-refractivity contribution in [2.45, 2.75) is 62.6 Å². The number of amides is 2. The lowest BCUT2D eigenvalue weighted by Crippen LogP contribution is -2.62. The van der Waals surface area contributed by atoms with Gasteiger partial charge in [-0.2, -0.15) is 26.3 Å². The average molecular weight is 738 g/mol. The van der Waals surface area contributed by atoms with Crippen LogP contribution in [0.1, 0.15) is 48.4 Å². The number of likely N-dealkylation sites (tertiary alicyclic amines) is 1. The lowest BCUT2D eigenvalue weighted by atomic mass is 9.83. The summed E-state index contributed by atoms with van der Waals surface area (Å²) < 4.78 is 90.6. The third-order valence-corrected chi connectivity index (χ3v) is 11.2. The molecule has 5 saturated heterocycles. The molecule has 5 aliphatic rings. The van der Waals surface area contributed by atoms with Crippen LogP contribution in [0.5, 0.6) is 0 Å². The van der Waals surface area contributed by atoms with Crippen molar-refractivity contribution in [3.63, 3.8) is 0 Å². The van der Waals surface area contributed by atoms with Crippen molar-refractivity contribution in [3.8, 4) is 0 Å². The topological polar surface area (TPSA) is 120 Å². The highest BCUT2D eigenvalue weighted by atomic mass is 19.4. The number of H-pyrrole nitrogens is 1. The van der Waals surface area contributed by atoms with E-state index in [1.165, 1.54) is 9.80 Å². The van der Waals surface area contributed by atoms with Gasteiger partial charge in [0.1, 0.15) is 0 Å². The van der Waals surface area contributed by atoms with Crippen molar-refractivity contribution in [1.29, 1.82) is 0 Å². The van der Waals surface area contributed by atoms with Crippen molar-refractivity contribution in [1.82, 2.24) is 29.2 Å². The first-order valence-electron chi connectivity index (χ1n) is 17.6. The average Bonchev–Trinajstić information content (AvgIpc) is 3.46. The van der Waals surface area contributed by atoms with E-state index in [0.717, 1.165) is 32.5 Å². The maximum atomic E-state index is 14.0. The van der Waals surface area contributed by atoms with Crippen LogP contribution in [-0.4, -0.2) is 112 Å². The zero-order valence-electron chi connectivity index (χ0n) is 28.4. The van der Waals surface area contributed by atoms with Gasteiger partial charge in [-0.15, -0.1) is 0 Å². The van der Waals surface area contributed by atoms with Crippen LogP contribution in [0.3, 0.4) is 0 Å². The van der Waals surface area contributed by atoms with Gasteiger partial charge in [0.2, 0.25) is 0 Å². The van der Waals surface area contributed by atoms with Crippen LogP contribution in [0, 0.1) is 5.92 Å². The third kappa shape index (κ3) is 7.21. The minimum atomic E-state index is -5.21. The van der Waals surface area contributed by atoms with E-state index in [1.54, 1.807) is 16.7 Å². The first kappa shape index (κ1) is 36.1. The molecule has 0 spiro atoms. The Morgan fingerprint density at radius 3 is 2.04 bits per heavy atom. The molecule has 2 atom stereocenters. The molecule has 282 valence electrons. The Labute approximate surface area is 295 Å². The van der Waals surface area contributed by atoms with Gasteiger partial charge in [-0.3, -0.25) is 14.3 Å². The normalized spacial score (nSPS) is 24.0. The molecule has 1 unspecified atom stereocenters. The molecule has 5 fully saturated rings. The zero-order chi connectivity index (χ0) is 36.9. The van der Waals surface area contributed by atoms with Gasteiger partial charge in [0.05, 0.1) is 27.8 Å². The van der Waals surface area contributed by atoms with Gasteiger partial charge in [0.25, 0.3) is 5.91 Å². The number of carbonyl (C=O) groups excluding carboxylic acids is 2. The number of anilines is 1. The van der Waals surface area contributed by atoms with Gasteiger partial charge >= 0.3 is 24.1 Å². The van der Waals surface area contributed by atoms with Gasteiger partial charge in [-0.05, 0) is 74.5 Å². The summed E-state index contributed by atoms with van der Waals surface area (Å²) in [5, 5.41) is 0. The Hall–Kier alpha value is -4.25. The van der Waals surface area contributed by atoms with Gasteiger partial charge in [-0.1, -0.05) is 12.1 Å². The summed E-state index contributed by atoms with van der Waals surface area (Å²) >= 11 is 0. The molecule has 2 aromatic carbocycles. The second-order valence-electron chi connectivity index (χ2n) is 14.3. The van der Waals surface area contributed by atoms with Crippen molar-refractivity contribution in [3.05, 3.63) is 63.6 Å². The summed E-state index contributed by atoms with van der Waals surface area (Å²) in [6.07, 6.45) is -10.8. The molecular weight excluding hydrogens is 696 g/mol. The number of aromatic amines is 1. The molecule has 17 heteroatoms. The first-order chi connectivity index (χ1) is 24.7. The lowest BCUT2D eigenvalue weighted by Gasteiger charge is -2.51. The maximum Gasteiger partial charge on any atom is 0.418 e. The monoisotopic (exact) mass is 737 g/mol. The summed E-state index contributed by atoms with van der Waals surface area (Å²) in [6, 6.07) is 8.28. The highest BCUT2D eigenvalue weighted by Gasteiger charge is 2.43. The summed E-state index contributed by atoms with van der Waals surface area (Å²) in [7, 11) is 0. The van der Waals surface area contributed by atoms with Crippen LogP contribution >= 0.6 is 0 Å². The molecule has 2 bridgehead atoms. The number of halogens is 6. The number of fused-ring (bicyclic) bond motifs is 4. The van der Waals surface area contributed by atoms with E-state index in [9.17, 15) is 40.7 Å². The predicted octanol–water partition coefficient (Wildman–Crippen LogP) is 4.57. The number of imidazole rings is 1. The van der Waals surface area contributed by atoms with Crippen LogP contribution in [0.4, 0.5) is 36.8 Å². The number of carbonyl (C=O) groups is 2. The fourth-order valence-corrected chi connectivity index (χ4v) is 8.46. The number of alkyl halides is 6. The molecule has 0 aliphatic carbocycles. The summed E-state index contributed by atoms with van der Waals surface area (Å²) in [5.41, 5.74) is 1.12. The van der Waals surface area contributed by atoms with Crippen molar-refractivity contribution in [2.75, 3.05) is 64.6 Å². The van der Waals surface area contributed by atoms with Gasteiger partial charge in [-0.25, -0.2) is 9.59 Å². The number of nitrogens with zero attached hydrogens (tertiary/aromatic N) is 5. The quantitative estimate of drug-likeness (QED) is 0.281. The molecule has 0 radical (unpaired) electrons. The van der Waals surface area contributed by atoms with Crippen molar-refractivity contribution in [2.24, 2.45) is 5.92 Å². The molecule has 6 heterocycles. The SMILES string of the molecule is Nc1c(C(F)(F)F)cc(C[C@@H](OC(=O)N2CCC(n3c(=O)[nH]c4ccccc43)CC2)C(=O)N2CCN(C3CN4CCC3CC4)CC2)cc1C(F)(F)F. The fourth-order valence-electron chi connectivity index (χ4n) is 8.46. The Morgan fingerprint density at radius 1 is 0.846 bits per heavy atom. The number of piperazine rings is 1. The smallest absolute Gasteiger partial charge is 0.418 e. The summed E-state index contributed by atoms with van der Waals surface area (Å²) in [4.78, 5) is 50.7. The molecule has 5 aliphatic heterocycles. The number of aromatic nitrogens is 2. The van der Waals surface area contributed by atoms with E-state index in [4.69, 9.17) is 10.5 Å². The van der Waals surface area contributed by atoms with Gasteiger partial charge in [0.15, 0.2) is 6.10 Å². The Bertz CT molecular complexity index is 1820. The van der Waals surface area contributed by atoms with Crippen LogP contribution in [0.15, 0.2) is 41.2 Å². The van der Waals surface area contributed by atoms with E-state index in [0.29, 0.717) is 61.1 Å². The van der Waals surface area contributed by atoms with Crippen LogP contribution in [0.2, 0.25) is 0 Å². The number of nitrogens with one attached hydrogen (secondary N) is 1. The molecular formula is C35H41F6N7O4. The molecule has 52 heavy (non-hydrogen) atoms. The second-order valence-corrected chi connectivity index (χ2v) is 14.3. The third-order valence-electron chi connectivity index (χ3n) is 11.2. The standard InChI is InChI=1S/C35H41F6N7O4/c36-34(37,38)24-17-21(18-25(30(24)42)35(39,40)41)19-29(31(49)46-15-13-45(14-16-46)28-20-44-9-5-22(28)6-10-44)52-33(51)47-11-7-23(8-12-47)48-27-4-2-1-3-26(27)43-32(48)50/h1-4,17-18,22-23,28-29H,5-16,19-20,42H2,(H,43,50)/t28?,29-/m1/s1. The second kappa shape index (κ2) is 14.0. The molecule has 0 saturated carbocycles. The highest BCUT2D eigenvalue weighted by Crippen LogP contribution is 2.42. The van der Waals surface area contributed by atoms with Gasteiger partial charge in [0, 0.05) is 64.3 Å². The maximum absolute atomic E-state index is 14.0. The number of para-hydroxylation sites is 2. The molecule has 3 aromatic rings. The van der Waals surface area contributed by atoms with Crippen LogP contribution < -0.4 is 11.4 Å². The lowest BCUT2D eigenvalue weighted by molar-refractivity contribution is -0.143. The Balaban J connectivity index is 1.09. The minimum Gasteiger partial charge on any atom is -0.436 e. The molecule has 1 aromatic heterocycles. The van der Waals surface area contributed by atoms with Crippen molar-refractivity contribution < 1.29 is 40.7 Å². The number of benzene rings is 2. The van der Waals surface area contributed by atoms with Gasteiger partial charge < -0.3 is 30.2 Å².